The van der Waals surface area contributed by atoms with Gasteiger partial charge in [0.25, 0.3) is 5.91 Å². The number of ether oxygens (including phenoxy) is 1. The number of carbonyl (C=O) groups excluding carboxylic acids is 2. The summed E-state index contributed by atoms with van der Waals surface area (Å²) < 4.78 is 19.2. The van der Waals surface area contributed by atoms with E-state index in [0.29, 0.717) is 30.4 Å². The van der Waals surface area contributed by atoms with E-state index in [2.05, 4.69) is 15.8 Å². The van der Waals surface area contributed by atoms with Crippen LogP contribution in [0.5, 0.6) is 0 Å². The summed E-state index contributed by atoms with van der Waals surface area (Å²) in [6.45, 7) is 4.61. The number of hydrogen-bond acceptors (Lipinski definition) is 5. The molecule has 0 atom stereocenters. The summed E-state index contributed by atoms with van der Waals surface area (Å²) in [6, 6.07) is 13.4. The lowest BCUT2D eigenvalue weighted by atomic mass is 10.1. The standard InChI is InChI=1S/C23H28FN5O3/c1-25-26-22(30)18-7-5-17(6-8-18)14-29(20-4-2-3-19(24)13-20)23(31)28-11-9-27(10-12-28)21-15-32-16-21/h2-8,13,21,25H,9-12,14-16H2,1H3,(H,26,30). The molecule has 2 aliphatic heterocycles. The van der Waals surface area contributed by atoms with Crippen LogP contribution in [0.15, 0.2) is 48.5 Å². The fourth-order valence-corrected chi connectivity index (χ4v) is 3.93. The highest BCUT2D eigenvalue weighted by atomic mass is 19.1. The molecule has 2 saturated heterocycles. The number of piperazine rings is 1. The molecule has 3 amide bonds. The molecule has 2 N–H and O–H groups in total. The zero-order valence-electron chi connectivity index (χ0n) is 18.1. The van der Waals surface area contributed by atoms with Crippen molar-refractivity contribution in [3.63, 3.8) is 0 Å². The van der Waals surface area contributed by atoms with Crippen molar-refractivity contribution in [1.29, 1.82) is 0 Å². The van der Waals surface area contributed by atoms with E-state index in [9.17, 15) is 14.0 Å². The van der Waals surface area contributed by atoms with Crippen molar-refractivity contribution in [3.05, 3.63) is 65.5 Å². The van der Waals surface area contributed by atoms with Crippen LogP contribution in [0.1, 0.15) is 15.9 Å². The van der Waals surface area contributed by atoms with E-state index in [0.717, 1.165) is 31.9 Å². The van der Waals surface area contributed by atoms with Gasteiger partial charge in [-0.25, -0.2) is 14.6 Å². The second-order valence-corrected chi connectivity index (χ2v) is 7.96. The smallest absolute Gasteiger partial charge is 0.324 e. The maximum atomic E-state index is 14.0. The summed E-state index contributed by atoms with van der Waals surface area (Å²) in [5.74, 6) is -0.638. The summed E-state index contributed by atoms with van der Waals surface area (Å²) in [6.07, 6.45) is 0. The van der Waals surface area contributed by atoms with Crippen molar-refractivity contribution < 1.29 is 18.7 Å². The van der Waals surface area contributed by atoms with Gasteiger partial charge in [-0.3, -0.25) is 20.0 Å². The van der Waals surface area contributed by atoms with Gasteiger partial charge < -0.3 is 9.64 Å². The molecule has 2 fully saturated rings. The van der Waals surface area contributed by atoms with Crippen LogP contribution in [-0.2, 0) is 11.3 Å². The minimum Gasteiger partial charge on any atom is -0.378 e. The van der Waals surface area contributed by atoms with Crippen molar-refractivity contribution in [2.24, 2.45) is 0 Å². The van der Waals surface area contributed by atoms with Crippen molar-refractivity contribution in [1.82, 2.24) is 20.7 Å². The first-order valence-corrected chi connectivity index (χ1v) is 10.7. The van der Waals surface area contributed by atoms with Crippen LogP contribution >= 0.6 is 0 Å². The molecule has 0 aromatic heterocycles. The lowest BCUT2D eigenvalue weighted by molar-refractivity contribution is -0.0738. The van der Waals surface area contributed by atoms with Gasteiger partial charge in [0.1, 0.15) is 5.82 Å². The Bertz CT molecular complexity index is 943. The maximum Gasteiger partial charge on any atom is 0.324 e. The van der Waals surface area contributed by atoms with E-state index >= 15 is 0 Å². The zero-order valence-corrected chi connectivity index (χ0v) is 18.1. The third-order valence-electron chi connectivity index (χ3n) is 5.87. The van der Waals surface area contributed by atoms with Crippen molar-refractivity contribution in [2.75, 3.05) is 51.3 Å². The Morgan fingerprint density at radius 3 is 2.41 bits per heavy atom. The van der Waals surface area contributed by atoms with Gasteiger partial charge in [0.05, 0.1) is 25.8 Å². The third kappa shape index (κ3) is 5.07. The number of nitrogens with zero attached hydrogens (tertiary/aromatic N) is 3. The van der Waals surface area contributed by atoms with E-state index in [-0.39, 0.29) is 18.5 Å². The first-order valence-electron chi connectivity index (χ1n) is 10.7. The quantitative estimate of drug-likeness (QED) is 0.669. The zero-order chi connectivity index (χ0) is 22.5. The number of anilines is 1. The molecule has 0 radical (unpaired) electrons. The Hall–Kier alpha value is -3.01. The van der Waals surface area contributed by atoms with Crippen LogP contribution in [0.2, 0.25) is 0 Å². The highest BCUT2D eigenvalue weighted by Gasteiger charge is 2.32. The molecule has 0 aliphatic carbocycles. The van der Waals surface area contributed by atoms with Gasteiger partial charge in [0.2, 0.25) is 0 Å². The second kappa shape index (κ2) is 10.1. The van der Waals surface area contributed by atoms with Gasteiger partial charge in [0.15, 0.2) is 0 Å². The second-order valence-electron chi connectivity index (χ2n) is 7.96. The number of nitrogens with one attached hydrogen (secondary N) is 2. The molecule has 0 bridgehead atoms. The summed E-state index contributed by atoms with van der Waals surface area (Å²) in [5.41, 5.74) is 6.97. The molecule has 8 nitrogen and oxygen atoms in total. The Balaban J connectivity index is 1.49. The minimum absolute atomic E-state index is 0.155. The number of benzene rings is 2. The van der Waals surface area contributed by atoms with Gasteiger partial charge >= 0.3 is 6.03 Å². The molecular weight excluding hydrogens is 413 g/mol. The van der Waals surface area contributed by atoms with E-state index in [1.54, 1.807) is 48.3 Å². The van der Waals surface area contributed by atoms with Crippen LogP contribution < -0.4 is 15.8 Å². The Labute approximate surface area is 186 Å². The Morgan fingerprint density at radius 1 is 1.09 bits per heavy atom. The largest absolute Gasteiger partial charge is 0.378 e. The van der Waals surface area contributed by atoms with Crippen LogP contribution in [0, 0.1) is 5.82 Å². The van der Waals surface area contributed by atoms with Crippen molar-refractivity contribution >= 4 is 17.6 Å². The average molecular weight is 442 g/mol. The molecule has 9 heteroatoms. The average Bonchev–Trinajstić information content (AvgIpc) is 2.77. The summed E-state index contributed by atoms with van der Waals surface area (Å²) in [5, 5.41) is 0. The summed E-state index contributed by atoms with van der Waals surface area (Å²) in [7, 11) is 1.62. The molecule has 4 rings (SSSR count). The van der Waals surface area contributed by atoms with E-state index in [4.69, 9.17) is 4.74 Å². The highest BCUT2D eigenvalue weighted by Crippen LogP contribution is 2.22. The highest BCUT2D eigenvalue weighted by molar-refractivity contribution is 5.94. The van der Waals surface area contributed by atoms with Crippen LogP contribution in [-0.4, -0.2) is 74.2 Å². The lowest BCUT2D eigenvalue weighted by Gasteiger charge is -2.43. The predicted molar refractivity (Wildman–Crippen MR) is 119 cm³/mol. The molecule has 2 heterocycles. The number of halogens is 1. The topological polar surface area (TPSA) is 77.1 Å². The molecule has 2 aromatic carbocycles. The van der Waals surface area contributed by atoms with Gasteiger partial charge in [-0.1, -0.05) is 18.2 Å². The SMILES string of the molecule is CNNC(=O)c1ccc(CN(C(=O)N2CCN(C3COC3)CC2)c2cccc(F)c2)cc1. The van der Waals surface area contributed by atoms with E-state index < -0.39 is 5.82 Å². The van der Waals surface area contributed by atoms with Crippen molar-refractivity contribution in [2.45, 2.75) is 12.6 Å². The maximum absolute atomic E-state index is 14.0. The number of carbonyl (C=O) groups is 2. The van der Waals surface area contributed by atoms with Gasteiger partial charge in [-0.2, -0.15) is 0 Å². The predicted octanol–water partition coefficient (Wildman–Crippen LogP) is 1.83. The number of rotatable bonds is 6. The van der Waals surface area contributed by atoms with E-state index in [1.165, 1.54) is 12.1 Å². The molecule has 0 saturated carbocycles. The third-order valence-corrected chi connectivity index (χ3v) is 5.87. The molecule has 0 unspecified atom stereocenters. The van der Waals surface area contributed by atoms with Gasteiger partial charge in [-0.05, 0) is 35.9 Å². The molecular formula is C23H28FN5O3. The molecule has 2 aromatic rings. The minimum atomic E-state index is -0.394. The normalized spacial score (nSPS) is 17.0. The Kier molecular flexibility index (Phi) is 6.99. The first-order chi connectivity index (χ1) is 15.5. The van der Waals surface area contributed by atoms with Crippen LogP contribution in [0.3, 0.4) is 0 Å². The fraction of sp³-hybridized carbons (Fsp3) is 0.391. The summed E-state index contributed by atoms with van der Waals surface area (Å²) in [4.78, 5) is 31.2. The van der Waals surface area contributed by atoms with Gasteiger partial charge in [-0.15, -0.1) is 0 Å². The Morgan fingerprint density at radius 2 is 1.81 bits per heavy atom. The molecule has 32 heavy (non-hydrogen) atoms. The van der Waals surface area contributed by atoms with Crippen LogP contribution in [0.4, 0.5) is 14.9 Å². The number of hydrazine groups is 1. The number of amides is 3. The van der Waals surface area contributed by atoms with Crippen LogP contribution in [0.25, 0.3) is 0 Å². The fourth-order valence-electron chi connectivity index (χ4n) is 3.93. The monoisotopic (exact) mass is 441 g/mol. The summed E-state index contributed by atoms with van der Waals surface area (Å²) >= 11 is 0. The molecule has 0 spiro atoms. The van der Waals surface area contributed by atoms with Crippen molar-refractivity contribution in [3.8, 4) is 0 Å². The molecule has 170 valence electrons. The number of urea groups is 1. The first kappa shape index (κ1) is 22.2. The van der Waals surface area contributed by atoms with E-state index in [1.807, 2.05) is 4.90 Å². The number of hydrogen-bond donors (Lipinski definition) is 2. The van der Waals surface area contributed by atoms with Gasteiger partial charge in [0, 0.05) is 44.5 Å². The lowest BCUT2D eigenvalue weighted by Crippen LogP contribution is -2.59. The molecule has 2 aliphatic rings.